The highest BCUT2D eigenvalue weighted by Crippen LogP contribution is 2.52. The zero-order chi connectivity index (χ0) is 24.6. The lowest BCUT2D eigenvalue weighted by molar-refractivity contribution is -0.153. The summed E-state index contributed by atoms with van der Waals surface area (Å²) < 4.78 is 0. The molecule has 0 aromatic heterocycles. The number of carbonyl (C=O) groups is 4. The topological polar surface area (TPSA) is 199 Å². The van der Waals surface area contributed by atoms with E-state index in [1.165, 1.54) is 25.1 Å². The summed E-state index contributed by atoms with van der Waals surface area (Å²) in [6, 6.07) is 1.04. The molecule has 0 saturated heterocycles. The predicted molar refractivity (Wildman–Crippen MR) is 111 cm³/mol. The molecule has 7 N–H and O–H groups in total. The molecule has 1 aromatic rings. The van der Waals surface area contributed by atoms with Gasteiger partial charge in [0.05, 0.1) is 17.2 Å². The lowest BCUT2D eigenvalue weighted by Crippen LogP contribution is -2.65. The highest BCUT2D eigenvalue weighted by Gasteiger charge is 2.64. The highest BCUT2D eigenvalue weighted by atomic mass is 16.4. The third kappa shape index (κ3) is 2.82. The number of aromatic hydroxyl groups is 1. The summed E-state index contributed by atoms with van der Waals surface area (Å²) in [5.41, 5.74) is 0.965. The molecule has 1 unspecified atom stereocenters. The third-order valence-corrected chi connectivity index (χ3v) is 6.83. The number of carboxylic acids is 1. The molecule has 11 nitrogen and oxygen atoms in total. The number of carboxylic acid groups (broad SMARTS) is 1. The van der Waals surface area contributed by atoms with Gasteiger partial charge in [-0.15, -0.1) is 0 Å². The van der Waals surface area contributed by atoms with Gasteiger partial charge < -0.3 is 31.3 Å². The van der Waals surface area contributed by atoms with Crippen molar-refractivity contribution in [3.63, 3.8) is 0 Å². The Bertz CT molecular complexity index is 1210. The number of phenols is 1. The molecular weight excluding hydrogens is 436 g/mol. The molecule has 4 rings (SSSR count). The zero-order valence-corrected chi connectivity index (χ0v) is 17.7. The molecule has 33 heavy (non-hydrogen) atoms. The van der Waals surface area contributed by atoms with Gasteiger partial charge in [0.2, 0.25) is 5.78 Å². The number of aliphatic hydroxyl groups is 3. The van der Waals surface area contributed by atoms with Crippen LogP contribution in [0.15, 0.2) is 29.0 Å². The molecule has 0 spiro atoms. The maximum absolute atomic E-state index is 13.6. The van der Waals surface area contributed by atoms with Crippen molar-refractivity contribution in [1.82, 2.24) is 4.90 Å². The Labute approximate surface area is 187 Å². The van der Waals surface area contributed by atoms with Crippen LogP contribution in [0.5, 0.6) is 5.75 Å². The molecule has 1 fully saturated rings. The quantitative estimate of drug-likeness (QED) is 0.326. The molecule has 1 saturated carbocycles. The van der Waals surface area contributed by atoms with Gasteiger partial charge in [-0.2, -0.15) is 0 Å². The first-order chi connectivity index (χ1) is 15.3. The molecule has 3 aliphatic rings. The number of hydrogen-bond acceptors (Lipinski definition) is 9. The molecule has 174 valence electrons. The first kappa shape index (κ1) is 22.5. The number of ketones is 2. The van der Waals surface area contributed by atoms with E-state index in [9.17, 15) is 44.7 Å². The maximum Gasteiger partial charge on any atom is 0.335 e. The number of benzene rings is 1. The van der Waals surface area contributed by atoms with E-state index in [2.05, 4.69) is 0 Å². The Morgan fingerprint density at radius 1 is 1.15 bits per heavy atom. The standard InChI is InChI=1S/C22H22N2O9/c1-24(2)15-10-6-7-5-9-8(21(31)32)3-4-11(25)13(9)16(26)12(7)18(28)22(10,33)19(29)14(17(15)27)20(23)30/h3-4,7,10,15,25-26,29,33H,5-6H2,1-2H3,(H2,23,30)(H,31,32)/t7-,10-,15?,22-/m0/s1. The average molecular weight is 458 g/mol. The summed E-state index contributed by atoms with van der Waals surface area (Å²) in [6.45, 7) is 0. The average Bonchev–Trinajstić information content (AvgIpc) is 2.70. The number of hydrogen-bond donors (Lipinski definition) is 6. The molecule has 1 aromatic carbocycles. The van der Waals surface area contributed by atoms with Gasteiger partial charge >= 0.3 is 5.97 Å². The summed E-state index contributed by atoms with van der Waals surface area (Å²) in [7, 11) is 2.99. The van der Waals surface area contributed by atoms with Crippen LogP contribution in [0, 0.1) is 11.8 Å². The number of amides is 1. The van der Waals surface area contributed by atoms with E-state index >= 15 is 0 Å². The normalized spacial score (nSPS) is 29.0. The molecule has 0 heterocycles. The number of likely N-dealkylation sites (N-methyl/N-ethyl adjacent to an activating group) is 1. The van der Waals surface area contributed by atoms with Crippen molar-refractivity contribution in [1.29, 1.82) is 0 Å². The highest BCUT2D eigenvalue weighted by molar-refractivity contribution is 6.24. The van der Waals surface area contributed by atoms with Crippen molar-refractivity contribution in [2.24, 2.45) is 17.6 Å². The molecule has 11 heteroatoms. The van der Waals surface area contributed by atoms with E-state index in [4.69, 9.17) is 5.73 Å². The van der Waals surface area contributed by atoms with Gasteiger partial charge in [0, 0.05) is 11.5 Å². The SMILES string of the molecule is CN(C)C1C(=O)C(C(N)=O)=C(O)[C@@]2(O)C(=O)C3=C(O)c4c(O)ccc(C(=O)O)c4C[C@H]3C[C@@H]12. The first-order valence-corrected chi connectivity index (χ1v) is 10.1. The molecule has 0 radical (unpaired) electrons. The van der Waals surface area contributed by atoms with Gasteiger partial charge in [-0.1, -0.05) is 0 Å². The fourth-order valence-corrected chi connectivity index (χ4v) is 5.44. The van der Waals surface area contributed by atoms with Crippen LogP contribution in [-0.2, 0) is 20.8 Å². The molecular formula is C22H22N2O9. The minimum atomic E-state index is -2.73. The summed E-state index contributed by atoms with van der Waals surface area (Å²) in [6.07, 6.45) is -0.189. The van der Waals surface area contributed by atoms with Crippen molar-refractivity contribution < 1.29 is 44.7 Å². The number of phenolic OH excluding ortho intramolecular Hbond substituents is 1. The van der Waals surface area contributed by atoms with Crippen LogP contribution in [-0.4, -0.2) is 79.6 Å². The Morgan fingerprint density at radius 3 is 2.33 bits per heavy atom. The minimum absolute atomic E-state index is 0.0788. The van der Waals surface area contributed by atoms with Crippen LogP contribution in [0.1, 0.15) is 27.9 Å². The van der Waals surface area contributed by atoms with Crippen molar-refractivity contribution in [2.75, 3.05) is 14.1 Å². The van der Waals surface area contributed by atoms with Gasteiger partial charge in [-0.25, -0.2) is 4.79 Å². The number of nitrogens with two attached hydrogens (primary N) is 1. The second-order valence-corrected chi connectivity index (χ2v) is 8.75. The molecule has 0 bridgehead atoms. The van der Waals surface area contributed by atoms with Gasteiger partial charge in [0.25, 0.3) is 5.91 Å². The van der Waals surface area contributed by atoms with E-state index in [0.29, 0.717) is 0 Å². The Morgan fingerprint density at radius 2 is 1.79 bits per heavy atom. The Balaban J connectivity index is 2.00. The predicted octanol–water partition coefficient (Wildman–Crippen LogP) is -0.338. The third-order valence-electron chi connectivity index (χ3n) is 6.83. The monoisotopic (exact) mass is 458 g/mol. The number of fused-ring (bicyclic) bond motifs is 3. The number of aliphatic hydroxyl groups excluding tert-OH is 2. The van der Waals surface area contributed by atoms with Gasteiger partial charge in [0.15, 0.2) is 11.4 Å². The van der Waals surface area contributed by atoms with Crippen LogP contribution in [0.3, 0.4) is 0 Å². The number of primary amides is 1. The van der Waals surface area contributed by atoms with Crippen LogP contribution in [0.2, 0.25) is 0 Å². The van der Waals surface area contributed by atoms with E-state index < -0.39 is 69.8 Å². The number of rotatable bonds is 3. The second-order valence-electron chi connectivity index (χ2n) is 8.75. The van der Waals surface area contributed by atoms with E-state index in [-0.39, 0.29) is 35.1 Å². The Kier molecular flexibility index (Phi) is 4.88. The largest absolute Gasteiger partial charge is 0.508 e. The number of aromatic carboxylic acids is 1. The number of nitrogens with zero attached hydrogens (tertiary/aromatic N) is 1. The first-order valence-electron chi connectivity index (χ1n) is 10.1. The van der Waals surface area contributed by atoms with Crippen LogP contribution in [0.4, 0.5) is 0 Å². The fraction of sp³-hybridized carbons (Fsp3) is 0.364. The number of Topliss-reactive ketones (excluding diaryl/α,β-unsaturated/α-hetero) is 2. The fourth-order valence-electron chi connectivity index (χ4n) is 5.44. The Hall–Kier alpha value is -3.70. The number of carbonyl (C=O) groups excluding carboxylic acids is 3. The molecule has 3 aliphatic carbocycles. The van der Waals surface area contributed by atoms with Crippen LogP contribution < -0.4 is 5.73 Å². The van der Waals surface area contributed by atoms with Crippen molar-refractivity contribution in [3.8, 4) is 5.75 Å². The van der Waals surface area contributed by atoms with E-state index in [0.717, 1.165) is 6.07 Å². The second kappa shape index (κ2) is 7.15. The van der Waals surface area contributed by atoms with Crippen LogP contribution >= 0.6 is 0 Å². The summed E-state index contributed by atoms with van der Waals surface area (Å²) >= 11 is 0. The smallest absolute Gasteiger partial charge is 0.335 e. The summed E-state index contributed by atoms with van der Waals surface area (Å²) in [4.78, 5) is 51.6. The van der Waals surface area contributed by atoms with Crippen LogP contribution in [0.25, 0.3) is 5.76 Å². The van der Waals surface area contributed by atoms with Gasteiger partial charge in [-0.05, 0) is 50.6 Å². The van der Waals surface area contributed by atoms with Crippen molar-refractivity contribution in [3.05, 3.63) is 45.7 Å². The van der Waals surface area contributed by atoms with E-state index in [1.54, 1.807) is 0 Å². The molecule has 0 aliphatic heterocycles. The molecule has 4 atom stereocenters. The lowest BCUT2D eigenvalue weighted by Gasteiger charge is -2.50. The lowest BCUT2D eigenvalue weighted by atomic mass is 9.57. The summed E-state index contributed by atoms with van der Waals surface area (Å²) in [5.74, 6) is -9.05. The van der Waals surface area contributed by atoms with Crippen molar-refractivity contribution in [2.45, 2.75) is 24.5 Å². The maximum atomic E-state index is 13.6. The zero-order valence-electron chi connectivity index (χ0n) is 17.7. The molecule has 1 amide bonds. The van der Waals surface area contributed by atoms with Gasteiger partial charge in [-0.3, -0.25) is 19.3 Å². The minimum Gasteiger partial charge on any atom is -0.508 e. The van der Waals surface area contributed by atoms with Crippen molar-refractivity contribution >= 4 is 29.2 Å². The summed E-state index contributed by atoms with van der Waals surface area (Å²) in [5, 5.41) is 52.9. The van der Waals surface area contributed by atoms with Gasteiger partial charge in [0.1, 0.15) is 22.8 Å². The van der Waals surface area contributed by atoms with E-state index in [1.807, 2.05) is 0 Å².